The number of hydrazone groups is 1. The van der Waals surface area contributed by atoms with Crippen LogP contribution >= 0.6 is 11.8 Å². The Kier molecular flexibility index (Phi) is 8.51. The molecule has 10 heteroatoms. The molecule has 1 amide bonds. The fraction of sp³-hybridized carbons (Fsp3) is 0.379. The number of hydrogen-bond donors (Lipinski definition) is 1. The van der Waals surface area contributed by atoms with Crippen molar-refractivity contribution < 1.29 is 23.7 Å². The van der Waals surface area contributed by atoms with E-state index in [1.165, 1.54) is 36.0 Å². The van der Waals surface area contributed by atoms with Gasteiger partial charge in [0.05, 0.1) is 19.3 Å². The van der Waals surface area contributed by atoms with Gasteiger partial charge in [-0.1, -0.05) is 25.3 Å². The highest BCUT2D eigenvalue weighted by Crippen LogP contribution is 2.36. The highest BCUT2D eigenvalue weighted by Gasteiger charge is 2.38. The van der Waals surface area contributed by atoms with Crippen molar-refractivity contribution in [2.24, 2.45) is 16.0 Å². The average molecular weight is 549 g/mol. The largest absolute Gasteiger partial charge is 0.497 e. The summed E-state index contributed by atoms with van der Waals surface area (Å²) >= 11 is 1.42. The lowest BCUT2D eigenvalue weighted by Crippen LogP contribution is -2.35. The van der Waals surface area contributed by atoms with Crippen molar-refractivity contribution in [1.82, 2.24) is 5.01 Å². The number of aliphatic imine (C=N–C) groups is 1. The monoisotopic (exact) mass is 548 g/mol. The van der Waals surface area contributed by atoms with Crippen LogP contribution < -0.4 is 18.9 Å². The summed E-state index contributed by atoms with van der Waals surface area (Å²) in [4.78, 5) is 17.1. The minimum Gasteiger partial charge on any atom is -0.497 e. The molecular weight excluding hydrogens is 516 g/mol. The van der Waals surface area contributed by atoms with Gasteiger partial charge in [-0.05, 0) is 79.6 Å². The molecule has 0 saturated heterocycles. The van der Waals surface area contributed by atoms with Crippen molar-refractivity contribution in [2.75, 3.05) is 26.9 Å². The Bertz CT molecular complexity index is 1320. The first kappa shape index (κ1) is 26.8. The van der Waals surface area contributed by atoms with E-state index >= 15 is 0 Å². The van der Waals surface area contributed by atoms with E-state index in [0.29, 0.717) is 48.0 Å². The number of ether oxygens (including phenoxy) is 4. The number of amides is 1. The highest BCUT2D eigenvalue weighted by atomic mass is 32.2. The zero-order chi connectivity index (χ0) is 27.2. The second-order valence-electron chi connectivity index (χ2n) is 9.30. The van der Waals surface area contributed by atoms with Crippen LogP contribution in [0.15, 0.2) is 58.1 Å². The third-order valence-electron chi connectivity index (χ3n) is 6.67. The maximum absolute atomic E-state index is 12.9. The predicted molar refractivity (Wildman–Crippen MR) is 153 cm³/mol. The molecule has 2 aromatic carbocycles. The summed E-state index contributed by atoms with van der Waals surface area (Å²) in [6, 6.07) is 12.8. The van der Waals surface area contributed by atoms with Gasteiger partial charge < -0.3 is 18.9 Å². The molecule has 0 atom stereocenters. The van der Waals surface area contributed by atoms with Crippen LogP contribution in [0.5, 0.6) is 23.0 Å². The molecule has 39 heavy (non-hydrogen) atoms. The lowest BCUT2D eigenvalue weighted by Gasteiger charge is -2.20. The Hall–Kier alpha value is -3.79. The molecule has 1 saturated carbocycles. The second-order valence-corrected chi connectivity index (χ2v) is 10.3. The summed E-state index contributed by atoms with van der Waals surface area (Å²) in [6.45, 7) is 3.02. The summed E-state index contributed by atoms with van der Waals surface area (Å²) in [6.07, 6.45) is 7.48. The Morgan fingerprint density at radius 2 is 1.74 bits per heavy atom. The quantitative estimate of drug-likeness (QED) is 0.298. The van der Waals surface area contributed by atoms with Gasteiger partial charge in [0.2, 0.25) is 5.17 Å². The molecule has 0 radical (unpaired) electrons. The fourth-order valence-corrected chi connectivity index (χ4v) is 5.73. The summed E-state index contributed by atoms with van der Waals surface area (Å²) in [5.41, 5.74) is 0.896. The number of benzene rings is 2. The van der Waals surface area contributed by atoms with Gasteiger partial charge in [0.1, 0.15) is 29.8 Å². The van der Waals surface area contributed by atoms with Crippen LogP contribution in [-0.4, -0.2) is 53.9 Å². The molecule has 204 valence electrons. The van der Waals surface area contributed by atoms with E-state index in [9.17, 15) is 4.79 Å². The SMILES string of the molecule is CCOc1cc(/C=C2/C(=N)N3N=C(C4CCCCC4)SC3=NC2=O)ccc1OCCOc1ccc(OC)cc1. The number of nitrogens with zero attached hydrogens (tertiary/aromatic N) is 3. The zero-order valence-electron chi connectivity index (χ0n) is 22.1. The first-order chi connectivity index (χ1) is 19.1. The molecule has 0 spiro atoms. The van der Waals surface area contributed by atoms with Crippen LogP contribution in [0.3, 0.4) is 0 Å². The lowest BCUT2D eigenvalue weighted by molar-refractivity contribution is -0.114. The van der Waals surface area contributed by atoms with E-state index in [1.807, 2.05) is 37.3 Å². The number of carbonyl (C=O) groups is 1. The maximum atomic E-state index is 12.9. The van der Waals surface area contributed by atoms with Gasteiger partial charge in [-0.2, -0.15) is 15.1 Å². The normalized spacial score (nSPS) is 18.5. The average Bonchev–Trinajstić information content (AvgIpc) is 3.39. The van der Waals surface area contributed by atoms with Crippen LogP contribution in [0.1, 0.15) is 44.6 Å². The number of amidine groups is 2. The number of nitrogens with one attached hydrogen (secondary N) is 1. The van der Waals surface area contributed by atoms with Crippen LogP contribution in [0.25, 0.3) is 6.08 Å². The molecule has 0 aromatic heterocycles. The van der Waals surface area contributed by atoms with Gasteiger partial charge in [0, 0.05) is 5.92 Å². The van der Waals surface area contributed by atoms with Crippen molar-refractivity contribution in [3.8, 4) is 23.0 Å². The minimum atomic E-state index is -0.437. The fourth-order valence-electron chi connectivity index (χ4n) is 4.67. The summed E-state index contributed by atoms with van der Waals surface area (Å²) in [5.74, 6) is 2.59. The Balaban J connectivity index is 1.26. The van der Waals surface area contributed by atoms with Crippen molar-refractivity contribution in [2.45, 2.75) is 39.0 Å². The van der Waals surface area contributed by atoms with Gasteiger partial charge in [-0.3, -0.25) is 10.2 Å². The van der Waals surface area contributed by atoms with Gasteiger partial charge in [0.25, 0.3) is 5.91 Å². The molecule has 1 aliphatic carbocycles. The van der Waals surface area contributed by atoms with Gasteiger partial charge in [-0.25, -0.2) is 0 Å². The van der Waals surface area contributed by atoms with Gasteiger partial charge >= 0.3 is 0 Å². The number of carbonyl (C=O) groups excluding carboxylic acids is 1. The zero-order valence-corrected chi connectivity index (χ0v) is 23.0. The van der Waals surface area contributed by atoms with Crippen LogP contribution in [0.2, 0.25) is 0 Å². The number of fused-ring (bicyclic) bond motifs is 1. The highest BCUT2D eigenvalue weighted by molar-refractivity contribution is 8.27. The Morgan fingerprint density at radius 1 is 1.00 bits per heavy atom. The molecule has 2 aliphatic heterocycles. The van der Waals surface area contributed by atoms with Gasteiger partial charge in [-0.15, -0.1) is 0 Å². The number of hydrogen-bond acceptors (Lipinski definition) is 8. The third kappa shape index (κ3) is 6.27. The third-order valence-corrected chi connectivity index (χ3v) is 7.74. The molecule has 1 N–H and O–H groups in total. The van der Waals surface area contributed by atoms with Crippen LogP contribution in [0, 0.1) is 11.3 Å². The van der Waals surface area contributed by atoms with Crippen LogP contribution in [-0.2, 0) is 4.79 Å². The second kappa shape index (κ2) is 12.4. The smallest absolute Gasteiger partial charge is 0.283 e. The predicted octanol–water partition coefficient (Wildman–Crippen LogP) is 5.75. The van der Waals surface area contributed by atoms with Crippen molar-refractivity contribution in [3.05, 3.63) is 53.6 Å². The molecule has 1 fully saturated rings. The summed E-state index contributed by atoms with van der Waals surface area (Å²) < 4.78 is 22.6. The Labute approximate surface area is 232 Å². The van der Waals surface area contributed by atoms with E-state index in [2.05, 4.69) is 10.1 Å². The molecule has 2 aromatic rings. The van der Waals surface area contributed by atoms with Crippen LogP contribution in [0.4, 0.5) is 0 Å². The Morgan fingerprint density at radius 3 is 2.49 bits per heavy atom. The van der Waals surface area contributed by atoms with E-state index in [0.717, 1.165) is 29.4 Å². The van der Waals surface area contributed by atoms with E-state index in [4.69, 9.17) is 24.4 Å². The molecule has 0 bridgehead atoms. The topological polar surface area (TPSA) is 106 Å². The standard InChI is InChI=1S/C29H32N4O5S/c1-3-36-25-18-19(9-14-24(25)38-16-15-37-22-12-10-21(35-2)11-13-22)17-23-26(30)33-29(31-27(23)34)39-28(32-33)20-7-5-4-6-8-20/h9-14,17-18,20,30H,3-8,15-16H2,1-2H3/b23-17-,30-26?. The van der Waals surface area contributed by atoms with Crippen molar-refractivity contribution >= 4 is 39.8 Å². The number of rotatable bonds is 10. The van der Waals surface area contributed by atoms with Gasteiger partial charge in [0.15, 0.2) is 17.3 Å². The van der Waals surface area contributed by atoms with Crippen molar-refractivity contribution in [3.63, 3.8) is 0 Å². The number of methoxy groups -OCH3 is 1. The first-order valence-corrected chi connectivity index (χ1v) is 14.0. The lowest BCUT2D eigenvalue weighted by atomic mass is 9.90. The molecule has 5 rings (SSSR count). The molecule has 2 heterocycles. The maximum Gasteiger partial charge on any atom is 0.283 e. The minimum absolute atomic E-state index is 0.0391. The van der Waals surface area contributed by atoms with Crippen molar-refractivity contribution in [1.29, 1.82) is 5.41 Å². The number of thioether (sulfide) groups is 1. The summed E-state index contributed by atoms with van der Waals surface area (Å²) in [7, 11) is 1.62. The summed E-state index contributed by atoms with van der Waals surface area (Å²) in [5, 5.41) is 16.3. The first-order valence-electron chi connectivity index (χ1n) is 13.2. The van der Waals surface area contributed by atoms with E-state index in [-0.39, 0.29) is 11.4 Å². The van der Waals surface area contributed by atoms with E-state index < -0.39 is 5.91 Å². The van der Waals surface area contributed by atoms with E-state index in [1.54, 1.807) is 25.3 Å². The molecule has 9 nitrogen and oxygen atoms in total. The molecule has 3 aliphatic rings. The molecular formula is C29H32N4O5S. The molecule has 0 unspecified atom stereocenters.